The number of carbonyl (C=O) groups is 3. The summed E-state index contributed by atoms with van der Waals surface area (Å²) in [6.45, 7) is 2.76. The van der Waals surface area contributed by atoms with Gasteiger partial charge in [-0.2, -0.15) is 0 Å². The summed E-state index contributed by atoms with van der Waals surface area (Å²) in [6.07, 6.45) is 0. The molecule has 0 bridgehead atoms. The summed E-state index contributed by atoms with van der Waals surface area (Å²) < 4.78 is 4.78. The Balaban J connectivity index is 1.80. The highest BCUT2D eigenvalue weighted by atomic mass is 35.5. The van der Waals surface area contributed by atoms with E-state index in [-0.39, 0.29) is 16.4 Å². The normalized spacial score (nSPS) is 10.2. The molecule has 0 aliphatic rings. The Morgan fingerprint density at radius 1 is 1.10 bits per heavy atom. The van der Waals surface area contributed by atoms with Gasteiger partial charge >= 0.3 is 5.97 Å². The van der Waals surface area contributed by atoms with Gasteiger partial charge in [0.05, 0.1) is 4.92 Å². The van der Waals surface area contributed by atoms with Gasteiger partial charge in [0.15, 0.2) is 6.61 Å². The van der Waals surface area contributed by atoms with Crippen LogP contribution in [0.5, 0.6) is 0 Å². The Labute approximate surface area is 171 Å². The van der Waals surface area contributed by atoms with Crippen molar-refractivity contribution in [1.29, 1.82) is 0 Å². The Morgan fingerprint density at radius 3 is 2.48 bits per heavy atom. The quantitative estimate of drug-likeness (QED) is 0.403. The van der Waals surface area contributed by atoms with E-state index in [1.165, 1.54) is 12.1 Å². The summed E-state index contributed by atoms with van der Waals surface area (Å²) >= 11 is 5.69. The van der Waals surface area contributed by atoms with Crippen LogP contribution in [0.1, 0.15) is 21.5 Å². The fourth-order valence-corrected chi connectivity index (χ4v) is 2.45. The first-order chi connectivity index (χ1) is 13.7. The molecule has 0 radical (unpaired) electrons. The molecule has 0 atom stereocenters. The maximum atomic E-state index is 12.0. The maximum absolute atomic E-state index is 12.0. The first-order valence-corrected chi connectivity index (χ1v) is 8.80. The average Bonchev–Trinajstić information content (AvgIpc) is 2.67. The van der Waals surface area contributed by atoms with E-state index in [9.17, 15) is 24.5 Å². The third-order valence-electron chi connectivity index (χ3n) is 3.95. The van der Waals surface area contributed by atoms with Crippen LogP contribution in [-0.2, 0) is 14.3 Å². The number of ether oxygens (including phenoxy) is 1. The minimum atomic E-state index is -0.806. The minimum Gasteiger partial charge on any atom is -0.454 e. The van der Waals surface area contributed by atoms with Crippen LogP contribution in [0, 0.1) is 24.0 Å². The van der Waals surface area contributed by atoms with Crippen LogP contribution in [0.3, 0.4) is 0 Å². The van der Waals surface area contributed by atoms with Gasteiger partial charge in [-0.05, 0) is 49.2 Å². The van der Waals surface area contributed by atoms with E-state index < -0.39 is 35.9 Å². The number of nitrogens with zero attached hydrogens (tertiary/aromatic N) is 1. The first kappa shape index (κ1) is 21.8. The van der Waals surface area contributed by atoms with Crippen molar-refractivity contribution in [2.45, 2.75) is 13.8 Å². The molecule has 10 heteroatoms. The summed E-state index contributed by atoms with van der Waals surface area (Å²) in [6, 6.07) is 8.87. The summed E-state index contributed by atoms with van der Waals surface area (Å²) in [4.78, 5) is 45.8. The Morgan fingerprint density at radius 2 is 1.83 bits per heavy atom. The molecule has 0 aliphatic carbocycles. The molecule has 0 saturated carbocycles. The monoisotopic (exact) mass is 419 g/mol. The van der Waals surface area contributed by atoms with Crippen molar-refractivity contribution in [2.24, 2.45) is 0 Å². The van der Waals surface area contributed by atoms with Crippen molar-refractivity contribution >= 4 is 40.8 Å². The van der Waals surface area contributed by atoms with E-state index in [1.54, 1.807) is 18.2 Å². The number of hydrogen-bond donors (Lipinski definition) is 2. The molecular formula is C19H18ClN3O6. The second-order valence-corrected chi connectivity index (χ2v) is 6.52. The van der Waals surface area contributed by atoms with Gasteiger partial charge in [0.1, 0.15) is 11.6 Å². The second kappa shape index (κ2) is 9.65. The molecule has 2 aromatic carbocycles. The largest absolute Gasteiger partial charge is 0.454 e. The van der Waals surface area contributed by atoms with E-state index in [4.69, 9.17) is 16.3 Å². The predicted molar refractivity (Wildman–Crippen MR) is 106 cm³/mol. The van der Waals surface area contributed by atoms with E-state index in [0.717, 1.165) is 17.2 Å². The standard InChI is InChI=1S/C19H18ClN3O6/c1-11-3-4-13(7-12(11)2)19(26)21-9-18(25)29-10-17(24)22-14-5-6-15(20)16(8-14)23(27)28/h3-8H,9-10H2,1-2H3,(H,21,26)(H,22,24). The second-order valence-electron chi connectivity index (χ2n) is 6.11. The molecule has 0 spiro atoms. The molecule has 29 heavy (non-hydrogen) atoms. The number of nitro groups is 1. The topological polar surface area (TPSA) is 128 Å². The van der Waals surface area contributed by atoms with Crippen molar-refractivity contribution in [3.8, 4) is 0 Å². The molecule has 2 N–H and O–H groups in total. The Bertz CT molecular complexity index is 976. The van der Waals surface area contributed by atoms with E-state index in [1.807, 2.05) is 13.8 Å². The van der Waals surface area contributed by atoms with E-state index in [2.05, 4.69) is 10.6 Å². The number of anilines is 1. The number of nitrogens with one attached hydrogen (secondary N) is 2. The number of carbonyl (C=O) groups excluding carboxylic acids is 3. The van der Waals surface area contributed by atoms with Gasteiger partial charge in [-0.3, -0.25) is 24.5 Å². The molecule has 0 aromatic heterocycles. The number of amides is 2. The number of rotatable bonds is 7. The number of hydrogen-bond acceptors (Lipinski definition) is 6. The van der Waals surface area contributed by atoms with Crippen LogP contribution < -0.4 is 10.6 Å². The average molecular weight is 420 g/mol. The molecule has 9 nitrogen and oxygen atoms in total. The van der Waals surface area contributed by atoms with E-state index >= 15 is 0 Å². The van der Waals surface area contributed by atoms with Gasteiger partial charge in [-0.15, -0.1) is 0 Å². The van der Waals surface area contributed by atoms with Gasteiger partial charge < -0.3 is 15.4 Å². The lowest BCUT2D eigenvalue weighted by Crippen LogP contribution is -2.32. The lowest BCUT2D eigenvalue weighted by atomic mass is 10.1. The molecule has 152 valence electrons. The van der Waals surface area contributed by atoms with Crippen LogP contribution in [-0.4, -0.2) is 35.9 Å². The van der Waals surface area contributed by atoms with Crippen molar-refractivity contribution in [1.82, 2.24) is 5.32 Å². The third kappa shape index (κ3) is 6.28. The molecule has 0 aliphatic heterocycles. The molecule has 0 saturated heterocycles. The number of aryl methyl sites for hydroxylation is 2. The number of benzene rings is 2. The predicted octanol–water partition coefficient (Wildman–Crippen LogP) is 2.78. The van der Waals surface area contributed by atoms with Crippen molar-refractivity contribution in [2.75, 3.05) is 18.5 Å². The van der Waals surface area contributed by atoms with Crippen LogP contribution in [0.25, 0.3) is 0 Å². The molecule has 0 fully saturated rings. The zero-order valence-electron chi connectivity index (χ0n) is 15.7. The fourth-order valence-electron chi connectivity index (χ4n) is 2.26. The van der Waals surface area contributed by atoms with Gasteiger partial charge in [-0.1, -0.05) is 17.7 Å². The fraction of sp³-hybridized carbons (Fsp3) is 0.211. The molecule has 0 unspecified atom stereocenters. The first-order valence-electron chi connectivity index (χ1n) is 8.42. The molecule has 2 aromatic rings. The smallest absolute Gasteiger partial charge is 0.325 e. The SMILES string of the molecule is Cc1ccc(C(=O)NCC(=O)OCC(=O)Nc2ccc(Cl)c([N+](=O)[O-])c2)cc1C. The summed E-state index contributed by atoms with van der Waals surface area (Å²) in [5, 5.41) is 15.5. The molecule has 2 rings (SSSR count). The van der Waals surface area contributed by atoms with Gasteiger partial charge in [0.25, 0.3) is 17.5 Å². The highest BCUT2D eigenvalue weighted by Gasteiger charge is 2.15. The van der Waals surface area contributed by atoms with Crippen molar-refractivity contribution < 1.29 is 24.0 Å². The number of halogens is 1. The van der Waals surface area contributed by atoms with Crippen molar-refractivity contribution in [3.63, 3.8) is 0 Å². The highest BCUT2D eigenvalue weighted by Crippen LogP contribution is 2.27. The number of esters is 1. The minimum absolute atomic E-state index is 0.0704. The highest BCUT2D eigenvalue weighted by molar-refractivity contribution is 6.32. The zero-order valence-corrected chi connectivity index (χ0v) is 16.4. The number of nitro benzene ring substituents is 1. The molecular weight excluding hydrogens is 402 g/mol. The maximum Gasteiger partial charge on any atom is 0.325 e. The van der Waals surface area contributed by atoms with Gasteiger partial charge in [-0.25, -0.2) is 0 Å². The van der Waals surface area contributed by atoms with Gasteiger partial charge in [0, 0.05) is 17.3 Å². The van der Waals surface area contributed by atoms with Gasteiger partial charge in [0.2, 0.25) is 0 Å². The Kier molecular flexibility index (Phi) is 7.27. The van der Waals surface area contributed by atoms with Crippen molar-refractivity contribution in [3.05, 3.63) is 68.2 Å². The molecule has 0 heterocycles. The van der Waals surface area contributed by atoms with E-state index in [0.29, 0.717) is 5.56 Å². The zero-order chi connectivity index (χ0) is 21.6. The van der Waals surface area contributed by atoms with Crippen LogP contribution in [0.2, 0.25) is 5.02 Å². The summed E-state index contributed by atoms with van der Waals surface area (Å²) in [5.74, 6) is -1.95. The van der Waals surface area contributed by atoms with Crippen LogP contribution >= 0.6 is 11.6 Å². The lowest BCUT2D eigenvalue weighted by Gasteiger charge is -2.08. The van der Waals surface area contributed by atoms with Crippen LogP contribution in [0.15, 0.2) is 36.4 Å². The third-order valence-corrected chi connectivity index (χ3v) is 4.27. The summed E-state index contributed by atoms with van der Waals surface area (Å²) in [5.41, 5.74) is 2.15. The Hall–Kier alpha value is -3.46. The molecule has 2 amide bonds. The van der Waals surface area contributed by atoms with Crippen LogP contribution in [0.4, 0.5) is 11.4 Å². The lowest BCUT2D eigenvalue weighted by molar-refractivity contribution is -0.384. The summed E-state index contributed by atoms with van der Waals surface area (Å²) in [7, 11) is 0.